The lowest BCUT2D eigenvalue weighted by Crippen LogP contribution is -2.23. The van der Waals surface area contributed by atoms with E-state index in [4.69, 9.17) is 9.52 Å². The fraction of sp³-hybridized carbons (Fsp3) is 0.278. The Kier molecular flexibility index (Phi) is 4.20. The van der Waals surface area contributed by atoms with Crippen molar-refractivity contribution in [3.8, 4) is 0 Å². The minimum Gasteiger partial charge on any atom is -0.478 e. The molecule has 2 N–H and O–H groups in total. The molecule has 1 aliphatic carbocycles. The lowest BCUT2D eigenvalue weighted by Gasteiger charge is -2.07. The lowest BCUT2D eigenvalue weighted by molar-refractivity contribution is 0.0696. The van der Waals surface area contributed by atoms with Crippen LogP contribution in [0.3, 0.4) is 0 Å². The SMILES string of the molecule is Cc1c(C(=O)NCc2ccc(C(=O)O)cc2)oc2c1C(=O)CCC2. The highest BCUT2D eigenvalue weighted by Crippen LogP contribution is 2.29. The van der Waals surface area contributed by atoms with Gasteiger partial charge in [-0.05, 0) is 31.0 Å². The number of carbonyl (C=O) groups is 3. The minimum atomic E-state index is -0.993. The number of aromatic carboxylic acids is 1. The number of carboxylic acids is 1. The number of fused-ring (bicyclic) bond motifs is 1. The number of amides is 1. The Balaban J connectivity index is 1.71. The van der Waals surface area contributed by atoms with Crippen molar-refractivity contribution in [1.29, 1.82) is 0 Å². The van der Waals surface area contributed by atoms with Crippen LogP contribution in [-0.2, 0) is 13.0 Å². The van der Waals surface area contributed by atoms with Crippen LogP contribution in [0.1, 0.15) is 61.0 Å². The van der Waals surface area contributed by atoms with Crippen LogP contribution < -0.4 is 5.32 Å². The summed E-state index contributed by atoms with van der Waals surface area (Å²) in [4.78, 5) is 35.1. The van der Waals surface area contributed by atoms with E-state index in [0.29, 0.717) is 29.7 Å². The fourth-order valence-electron chi connectivity index (χ4n) is 2.89. The molecule has 2 aromatic rings. The molecular formula is C18H17NO5. The van der Waals surface area contributed by atoms with Gasteiger partial charge in [-0.2, -0.15) is 0 Å². The Morgan fingerprint density at radius 3 is 2.54 bits per heavy atom. The van der Waals surface area contributed by atoms with Gasteiger partial charge in [0.2, 0.25) is 0 Å². The van der Waals surface area contributed by atoms with Crippen LogP contribution in [0.25, 0.3) is 0 Å². The largest absolute Gasteiger partial charge is 0.478 e. The highest BCUT2D eigenvalue weighted by molar-refractivity contribution is 6.03. The first kappa shape index (κ1) is 16.0. The summed E-state index contributed by atoms with van der Waals surface area (Å²) in [6.07, 6.45) is 1.91. The number of benzene rings is 1. The molecule has 0 aliphatic heterocycles. The Labute approximate surface area is 138 Å². The fourth-order valence-corrected chi connectivity index (χ4v) is 2.89. The average molecular weight is 327 g/mol. The molecule has 1 aromatic heterocycles. The molecule has 1 aromatic carbocycles. The van der Waals surface area contributed by atoms with Crippen LogP contribution in [0, 0.1) is 6.92 Å². The van der Waals surface area contributed by atoms with Gasteiger partial charge in [0.25, 0.3) is 5.91 Å². The number of carboxylic acid groups (broad SMARTS) is 1. The first-order chi connectivity index (χ1) is 11.5. The van der Waals surface area contributed by atoms with Crippen molar-refractivity contribution in [2.24, 2.45) is 0 Å². The zero-order valence-corrected chi connectivity index (χ0v) is 13.2. The molecule has 0 saturated carbocycles. The van der Waals surface area contributed by atoms with Gasteiger partial charge in [0, 0.05) is 24.9 Å². The third kappa shape index (κ3) is 2.95. The van der Waals surface area contributed by atoms with E-state index in [0.717, 1.165) is 12.0 Å². The van der Waals surface area contributed by atoms with Crippen molar-refractivity contribution in [1.82, 2.24) is 5.32 Å². The van der Waals surface area contributed by atoms with Gasteiger partial charge in [0.15, 0.2) is 11.5 Å². The smallest absolute Gasteiger partial charge is 0.335 e. The quantitative estimate of drug-likeness (QED) is 0.900. The van der Waals surface area contributed by atoms with Crippen LogP contribution in [0.5, 0.6) is 0 Å². The summed E-state index contributed by atoms with van der Waals surface area (Å²) in [5.41, 5.74) is 2.11. The standard InChI is InChI=1S/C18H17NO5/c1-10-15-13(20)3-2-4-14(15)24-16(10)17(21)19-9-11-5-7-12(8-6-11)18(22)23/h5-8H,2-4,9H2,1H3,(H,19,21)(H,22,23). The van der Waals surface area contributed by atoms with Crippen LogP contribution in [0.2, 0.25) is 0 Å². The zero-order chi connectivity index (χ0) is 17.3. The normalized spacial score (nSPS) is 13.5. The van der Waals surface area contributed by atoms with Crippen molar-refractivity contribution < 1.29 is 23.9 Å². The number of hydrogen-bond acceptors (Lipinski definition) is 4. The second-order valence-electron chi connectivity index (χ2n) is 5.82. The lowest BCUT2D eigenvalue weighted by atomic mass is 9.94. The summed E-state index contributed by atoms with van der Waals surface area (Å²) in [6.45, 7) is 1.97. The van der Waals surface area contributed by atoms with Crippen LogP contribution in [0.4, 0.5) is 0 Å². The van der Waals surface area contributed by atoms with Crippen LogP contribution >= 0.6 is 0 Å². The molecular weight excluding hydrogens is 310 g/mol. The first-order valence-corrected chi connectivity index (χ1v) is 7.73. The molecule has 0 spiro atoms. The van der Waals surface area contributed by atoms with Crippen LogP contribution in [-0.4, -0.2) is 22.8 Å². The van der Waals surface area contributed by atoms with Gasteiger partial charge in [-0.3, -0.25) is 9.59 Å². The van der Waals surface area contributed by atoms with Gasteiger partial charge < -0.3 is 14.8 Å². The summed E-state index contributed by atoms with van der Waals surface area (Å²) in [5, 5.41) is 11.6. The summed E-state index contributed by atoms with van der Waals surface area (Å²) < 4.78 is 5.60. The van der Waals surface area contributed by atoms with Crippen molar-refractivity contribution in [2.75, 3.05) is 0 Å². The first-order valence-electron chi connectivity index (χ1n) is 7.73. The van der Waals surface area contributed by atoms with Gasteiger partial charge in [-0.15, -0.1) is 0 Å². The van der Waals surface area contributed by atoms with E-state index in [1.807, 2.05) is 0 Å². The average Bonchev–Trinajstić information content (AvgIpc) is 2.91. The third-order valence-electron chi connectivity index (χ3n) is 4.17. The molecule has 24 heavy (non-hydrogen) atoms. The number of carbonyl (C=O) groups excluding carboxylic acids is 2. The predicted molar refractivity (Wildman–Crippen MR) is 85.3 cm³/mol. The Morgan fingerprint density at radius 1 is 1.21 bits per heavy atom. The second kappa shape index (κ2) is 6.31. The topological polar surface area (TPSA) is 96.6 Å². The van der Waals surface area contributed by atoms with E-state index in [1.165, 1.54) is 12.1 Å². The van der Waals surface area contributed by atoms with Gasteiger partial charge in [0.1, 0.15) is 5.76 Å². The molecule has 0 unspecified atom stereocenters. The van der Waals surface area contributed by atoms with Gasteiger partial charge >= 0.3 is 5.97 Å². The molecule has 1 heterocycles. The van der Waals surface area contributed by atoms with E-state index >= 15 is 0 Å². The molecule has 0 fully saturated rings. The molecule has 6 heteroatoms. The van der Waals surface area contributed by atoms with Crippen molar-refractivity contribution in [3.63, 3.8) is 0 Å². The Hall–Kier alpha value is -2.89. The summed E-state index contributed by atoms with van der Waals surface area (Å²) in [7, 11) is 0. The molecule has 0 radical (unpaired) electrons. The van der Waals surface area contributed by atoms with E-state index in [-0.39, 0.29) is 29.6 Å². The maximum atomic E-state index is 12.3. The molecule has 0 saturated heterocycles. The molecule has 6 nitrogen and oxygen atoms in total. The van der Waals surface area contributed by atoms with Crippen molar-refractivity contribution in [3.05, 3.63) is 58.0 Å². The number of nitrogens with one attached hydrogen (secondary N) is 1. The number of Topliss-reactive ketones (excluding diaryl/α,β-unsaturated/α-hetero) is 1. The number of furan rings is 1. The molecule has 124 valence electrons. The van der Waals surface area contributed by atoms with Crippen molar-refractivity contribution >= 4 is 17.7 Å². The summed E-state index contributed by atoms with van der Waals surface area (Å²) in [5.74, 6) is -0.568. The van der Waals surface area contributed by atoms with Gasteiger partial charge in [-0.25, -0.2) is 4.79 Å². The number of ketones is 1. The van der Waals surface area contributed by atoms with Crippen LogP contribution in [0.15, 0.2) is 28.7 Å². The number of hydrogen-bond donors (Lipinski definition) is 2. The number of aryl methyl sites for hydroxylation is 1. The highest BCUT2D eigenvalue weighted by Gasteiger charge is 2.28. The predicted octanol–water partition coefficient (Wildman–Crippen LogP) is 2.74. The minimum absolute atomic E-state index is 0.0285. The van der Waals surface area contributed by atoms with Gasteiger partial charge in [0.05, 0.1) is 11.1 Å². The zero-order valence-electron chi connectivity index (χ0n) is 13.2. The molecule has 1 amide bonds. The number of rotatable bonds is 4. The summed E-state index contributed by atoms with van der Waals surface area (Å²) in [6, 6.07) is 6.26. The second-order valence-corrected chi connectivity index (χ2v) is 5.82. The van der Waals surface area contributed by atoms with E-state index in [1.54, 1.807) is 19.1 Å². The summed E-state index contributed by atoms with van der Waals surface area (Å²) >= 11 is 0. The maximum Gasteiger partial charge on any atom is 0.335 e. The Morgan fingerprint density at radius 2 is 1.92 bits per heavy atom. The highest BCUT2D eigenvalue weighted by atomic mass is 16.4. The molecule has 1 aliphatic rings. The van der Waals surface area contributed by atoms with Gasteiger partial charge in [-0.1, -0.05) is 12.1 Å². The monoisotopic (exact) mass is 327 g/mol. The van der Waals surface area contributed by atoms with E-state index < -0.39 is 5.97 Å². The van der Waals surface area contributed by atoms with Crippen molar-refractivity contribution in [2.45, 2.75) is 32.7 Å². The Bertz CT molecular complexity index is 817. The van der Waals surface area contributed by atoms with E-state index in [9.17, 15) is 14.4 Å². The third-order valence-corrected chi connectivity index (χ3v) is 4.17. The molecule has 0 atom stereocenters. The maximum absolute atomic E-state index is 12.3. The molecule has 0 bridgehead atoms. The van der Waals surface area contributed by atoms with E-state index in [2.05, 4.69) is 5.32 Å². The molecule has 3 rings (SSSR count).